The van der Waals surface area contributed by atoms with Crippen molar-refractivity contribution < 1.29 is 14.2 Å². The fraction of sp³-hybridized carbons (Fsp3) is 0.650. The molecule has 0 radical (unpaired) electrons. The third-order valence-corrected chi connectivity index (χ3v) is 5.22. The van der Waals surface area contributed by atoms with Gasteiger partial charge in [-0.1, -0.05) is 6.07 Å². The van der Waals surface area contributed by atoms with E-state index in [9.17, 15) is 0 Å². The number of aliphatic imine (C=N–C) groups is 1. The minimum Gasteiger partial charge on any atom is -0.493 e. The van der Waals surface area contributed by atoms with Gasteiger partial charge in [0.2, 0.25) is 0 Å². The van der Waals surface area contributed by atoms with Crippen molar-refractivity contribution in [2.45, 2.75) is 25.9 Å². The number of morpholine rings is 1. The van der Waals surface area contributed by atoms with Crippen LogP contribution in [0, 0.1) is 0 Å². The van der Waals surface area contributed by atoms with Crippen molar-refractivity contribution in [2.75, 3.05) is 60.2 Å². The topological polar surface area (TPSA) is 58.6 Å². The first-order chi connectivity index (χ1) is 13.2. The second kappa shape index (κ2) is 11.7. The van der Waals surface area contributed by atoms with Gasteiger partial charge in [-0.3, -0.25) is 9.89 Å². The highest BCUT2D eigenvalue weighted by Crippen LogP contribution is 2.28. The second-order valence-corrected chi connectivity index (χ2v) is 6.86. The summed E-state index contributed by atoms with van der Waals surface area (Å²) in [5.41, 5.74) is 1.14. The maximum absolute atomic E-state index is 5.59. The van der Waals surface area contributed by atoms with Crippen LogP contribution in [0.3, 0.4) is 0 Å². The van der Waals surface area contributed by atoms with Crippen molar-refractivity contribution in [3.8, 4) is 11.5 Å². The predicted molar refractivity (Wildman–Crippen MR) is 122 cm³/mol. The molecule has 2 fully saturated rings. The second-order valence-electron chi connectivity index (χ2n) is 6.86. The van der Waals surface area contributed by atoms with Gasteiger partial charge in [0.1, 0.15) is 0 Å². The number of rotatable bonds is 6. The summed E-state index contributed by atoms with van der Waals surface area (Å²) in [5.74, 6) is 2.50. The lowest BCUT2D eigenvalue weighted by atomic mass is 10.2. The standard InChI is InChI=1S/C20H32N4O3.HI/c1-4-27-18-6-5-16(13-19(18)25-3)14-22-20(21-2)24-8-7-17(15-24)23-9-11-26-12-10-23;/h5-6,13,17H,4,7-12,14-15H2,1-3H3,(H,21,22);1H. The average molecular weight is 504 g/mol. The van der Waals surface area contributed by atoms with Crippen LogP contribution in [0.25, 0.3) is 0 Å². The normalized spacial score (nSPS) is 20.6. The molecular formula is C20H33IN4O3. The molecule has 1 aromatic carbocycles. The van der Waals surface area contributed by atoms with Crippen molar-refractivity contribution >= 4 is 29.9 Å². The van der Waals surface area contributed by atoms with Crippen LogP contribution < -0.4 is 14.8 Å². The van der Waals surface area contributed by atoms with Gasteiger partial charge in [0.15, 0.2) is 17.5 Å². The van der Waals surface area contributed by atoms with Crippen LogP contribution in [0.4, 0.5) is 0 Å². The van der Waals surface area contributed by atoms with Crippen LogP contribution in [0.15, 0.2) is 23.2 Å². The van der Waals surface area contributed by atoms with Crippen LogP contribution in [-0.2, 0) is 11.3 Å². The highest BCUT2D eigenvalue weighted by Gasteiger charge is 2.30. The van der Waals surface area contributed by atoms with Gasteiger partial charge in [-0.05, 0) is 31.0 Å². The number of hydrogen-bond acceptors (Lipinski definition) is 5. The minimum absolute atomic E-state index is 0. The number of hydrogen-bond donors (Lipinski definition) is 1. The summed E-state index contributed by atoms with van der Waals surface area (Å²) in [5, 5.41) is 3.49. The van der Waals surface area contributed by atoms with Crippen LogP contribution in [0.2, 0.25) is 0 Å². The fourth-order valence-electron chi connectivity index (χ4n) is 3.78. The molecule has 1 unspecified atom stereocenters. The largest absolute Gasteiger partial charge is 0.493 e. The number of halogens is 1. The number of nitrogens with zero attached hydrogens (tertiary/aromatic N) is 3. The molecule has 1 atom stereocenters. The molecule has 3 rings (SSSR count). The molecule has 2 saturated heterocycles. The molecule has 2 aliphatic heterocycles. The van der Waals surface area contributed by atoms with E-state index in [0.29, 0.717) is 19.2 Å². The van der Waals surface area contributed by atoms with Gasteiger partial charge in [0.05, 0.1) is 26.9 Å². The Hall–Kier alpha value is -1.26. The zero-order chi connectivity index (χ0) is 19.1. The summed E-state index contributed by atoms with van der Waals surface area (Å²) in [6, 6.07) is 6.64. The Morgan fingerprint density at radius 1 is 1.25 bits per heavy atom. The van der Waals surface area contributed by atoms with E-state index in [-0.39, 0.29) is 24.0 Å². The van der Waals surface area contributed by atoms with E-state index in [4.69, 9.17) is 14.2 Å². The van der Waals surface area contributed by atoms with Gasteiger partial charge in [-0.25, -0.2) is 0 Å². The van der Waals surface area contributed by atoms with Gasteiger partial charge in [-0.2, -0.15) is 0 Å². The third-order valence-electron chi connectivity index (χ3n) is 5.22. The zero-order valence-corrected chi connectivity index (χ0v) is 19.5. The first-order valence-electron chi connectivity index (χ1n) is 9.82. The molecule has 0 saturated carbocycles. The Morgan fingerprint density at radius 2 is 2.04 bits per heavy atom. The summed E-state index contributed by atoms with van der Waals surface area (Å²) < 4.78 is 16.5. The molecule has 8 heteroatoms. The van der Waals surface area contributed by atoms with Crippen LogP contribution in [0.1, 0.15) is 18.9 Å². The summed E-state index contributed by atoms with van der Waals surface area (Å²) in [6.45, 7) is 9.13. The average Bonchev–Trinajstić information content (AvgIpc) is 3.20. The Labute approximate surface area is 185 Å². The van der Waals surface area contributed by atoms with Gasteiger partial charge >= 0.3 is 0 Å². The van der Waals surface area contributed by atoms with E-state index in [2.05, 4.69) is 26.2 Å². The first-order valence-corrected chi connectivity index (χ1v) is 9.82. The number of likely N-dealkylation sites (tertiary alicyclic amines) is 1. The number of ether oxygens (including phenoxy) is 3. The van der Waals surface area contributed by atoms with Crippen LogP contribution >= 0.6 is 24.0 Å². The molecule has 158 valence electrons. The van der Waals surface area contributed by atoms with Crippen molar-refractivity contribution in [3.63, 3.8) is 0 Å². The van der Waals surface area contributed by atoms with E-state index in [0.717, 1.165) is 62.4 Å². The van der Waals surface area contributed by atoms with Crippen LogP contribution in [0.5, 0.6) is 11.5 Å². The number of methoxy groups -OCH3 is 1. The first kappa shape index (κ1) is 23.0. The van der Waals surface area contributed by atoms with Gasteiger partial charge < -0.3 is 24.4 Å². The van der Waals surface area contributed by atoms with E-state index in [1.54, 1.807) is 7.11 Å². The maximum Gasteiger partial charge on any atom is 0.193 e. The Balaban J connectivity index is 0.00000280. The van der Waals surface area contributed by atoms with Crippen molar-refractivity contribution in [1.82, 2.24) is 15.1 Å². The Bertz CT molecular complexity index is 638. The lowest BCUT2D eigenvalue weighted by molar-refractivity contribution is 0.0195. The molecule has 0 amide bonds. The monoisotopic (exact) mass is 504 g/mol. The molecule has 1 N–H and O–H groups in total. The zero-order valence-electron chi connectivity index (χ0n) is 17.1. The van der Waals surface area contributed by atoms with E-state index in [1.165, 1.54) is 6.42 Å². The molecule has 28 heavy (non-hydrogen) atoms. The van der Waals surface area contributed by atoms with Gasteiger partial charge in [0, 0.05) is 45.8 Å². The molecule has 0 aromatic heterocycles. The molecular weight excluding hydrogens is 471 g/mol. The number of benzene rings is 1. The van der Waals surface area contributed by atoms with Crippen LogP contribution in [-0.4, -0.2) is 82.0 Å². The summed E-state index contributed by atoms with van der Waals surface area (Å²) in [7, 11) is 3.52. The van der Waals surface area contributed by atoms with Gasteiger partial charge in [0.25, 0.3) is 0 Å². The Morgan fingerprint density at radius 3 is 2.71 bits per heavy atom. The molecule has 2 heterocycles. The summed E-state index contributed by atoms with van der Waals surface area (Å²) >= 11 is 0. The minimum atomic E-state index is 0. The van der Waals surface area contributed by atoms with Crippen molar-refractivity contribution in [2.24, 2.45) is 4.99 Å². The van der Waals surface area contributed by atoms with Crippen molar-refractivity contribution in [1.29, 1.82) is 0 Å². The molecule has 1 aromatic rings. The van der Waals surface area contributed by atoms with Crippen molar-refractivity contribution in [3.05, 3.63) is 23.8 Å². The highest BCUT2D eigenvalue weighted by molar-refractivity contribution is 14.0. The number of nitrogens with one attached hydrogen (secondary N) is 1. The quantitative estimate of drug-likeness (QED) is 0.364. The number of guanidine groups is 1. The molecule has 7 nitrogen and oxygen atoms in total. The third kappa shape index (κ3) is 5.87. The summed E-state index contributed by atoms with van der Waals surface area (Å²) in [6.07, 6.45) is 1.18. The molecule has 2 aliphatic rings. The fourth-order valence-corrected chi connectivity index (χ4v) is 3.78. The van der Waals surface area contributed by atoms with E-state index in [1.807, 2.05) is 26.1 Å². The van der Waals surface area contributed by atoms with E-state index >= 15 is 0 Å². The predicted octanol–water partition coefficient (Wildman–Crippen LogP) is 2.19. The SMILES string of the molecule is CCOc1ccc(CNC(=NC)N2CCC(N3CCOCC3)C2)cc1OC.I. The Kier molecular flexibility index (Phi) is 9.60. The maximum atomic E-state index is 5.59. The van der Waals surface area contributed by atoms with E-state index < -0.39 is 0 Å². The lowest BCUT2D eigenvalue weighted by Crippen LogP contribution is -2.46. The lowest BCUT2D eigenvalue weighted by Gasteiger charge is -2.32. The van der Waals surface area contributed by atoms with Gasteiger partial charge in [-0.15, -0.1) is 24.0 Å². The highest BCUT2D eigenvalue weighted by atomic mass is 127. The smallest absolute Gasteiger partial charge is 0.193 e. The molecule has 0 bridgehead atoms. The summed E-state index contributed by atoms with van der Waals surface area (Å²) in [4.78, 5) is 9.39. The molecule has 0 spiro atoms. The molecule has 0 aliphatic carbocycles.